The minimum atomic E-state index is 0.321. The van der Waals surface area contributed by atoms with Gasteiger partial charge in [0.25, 0.3) is 0 Å². The van der Waals surface area contributed by atoms with Gasteiger partial charge in [-0.25, -0.2) is 0 Å². The molecule has 0 fully saturated rings. The Morgan fingerprint density at radius 2 is 1.41 bits per heavy atom. The molecule has 0 unspecified atom stereocenters. The van der Waals surface area contributed by atoms with Crippen LogP contribution >= 0.6 is 0 Å². The highest BCUT2D eigenvalue weighted by atomic mass is 16.3. The second-order valence-electron chi connectivity index (χ2n) is 3.82. The van der Waals surface area contributed by atoms with E-state index in [1.807, 2.05) is 36.4 Å². The van der Waals surface area contributed by atoms with Crippen LogP contribution in [0.15, 0.2) is 54.6 Å². The normalized spacial score (nSPS) is 10.4. The molecule has 0 saturated heterocycles. The average molecular weight is 228 g/mol. The van der Waals surface area contributed by atoms with Gasteiger partial charge in [0, 0.05) is 18.7 Å². The number of phenolic OH excluding ortho intramolecular Hbond substituents is 1. The molecule has 88 valence electrons. The molecule has 0 radical (unpaired) electrons. The van der Waals surface area contributed by atoms with E-state index in [-0.39, 0.29) is 0 Å². The molecule has 2 aromatic rings. The van der Waals surface area contributed by atoms with Crippen LogP contribution in [-0.2, 0) is 13.1 Å². The fourth-order valence-electron chi connectivity index (χ4n) is 1.58. The van der Waals surface area contributed by atoms with Crippen LogP contribution in [0.5, 0.6) is 5.75 Å². The number of rotatable bonds is 5. The van der Waals surface area contributed by atoms with E-state index in [9.17, 15) is 5.11 Å². The summed E-state index contributed by atoms with van der Waals surface area (Å²) in [5.41, 5.74) is 8.30. The molecule has 0 amide bonds. The van der Waals surface area contributed by atoms with E-state index in [0.717, 1.165) is 12.1 Å². The first-order chi connectivity index (χ1) is 8.36. The first-order valence-electron chi connectivity index (χ1n) is 5.63. The van der Waals surface area contributed by atoms with Crippen LogP contribution in [0.4, 0.5) is 0 Å². The van der Waals surface area contributed by atoms with E-state index in [2.05, 4.69) is 23.0 Å². The van der Waals surface area contributed by atoms with Crippen LogP contribution in [0, 0.1) is 0 Å². The summed E-state index contributed by atoms with van der Waals surface area (Å²) in [5, 5.41) is 9.56. The second kappa shape index (κ2) is 6.03. The SMILES string of the molecule is Oc1ccccc1CNNCc1ccccc1. The second-order valence-corrected chi connectivity index (χ2v) is 3.82. The molecule has 3 N–H and O–H groups in total. The van der Waals surface area contributed by atoms with E-state index in [0.29, 0.717) is 12.3 Å². The molecule has 0 saturated carbocycles. The lowest BCUT2D eigenvalue weighted by atomic mass is 10.2. The highest BCUT2D eigenvalue weighted by Gasteiger charge is 1.97. The highest BCUT2D eigenvalue weighted by Crippen LogP contribution is 2.14. The van der Waals surface area contributed by atoms with Crippen LogP contribution in [0.25, 0.3) is 0 Å². The van der Waals surface area contributed by atoms with Gasteiger partial charge in [-0.3, -0.25) is 10.9 Å². The van der Waals surface area contributed by atoms with E-state index >= 15 is 0 Å². The van der Waals surface area contributed by atoms with Gasteiger partial charge in [0.15, 0.2) is 0 Å². The number of hydrogen-bond acceptors (Lipinski definition) is 3. The molecular weight excluding hydrogens is 212 g/mol. The van der Waals surface area contributed by atoms with Crippen LogP contribution in [0.2, 0.25) is 0 Å². The molecule has 0 bridgehead atoms. The molecule has 0 aliphatic rings. The third-order valence-electron chi connectivity index (χ3n) is 2.53. The summed E-state index contributed by atoms with van der Waals surface area (Å²) in [5.74, 6) is 0.321. The molecule has 0 heterocycles. The van der Waals surface area contributed by atoms with Crippen molar-refractivity contribution in [3.63, 3.8) is 0 Å². The quantitative estimate of drug-likeness (QED) is 0.543. The number of nitrogens with one attached hydrogen (secondary N) is 2. The Hall–Kier alpha value is -1.84. The zero-order valence-electron chi connectivity index (χ0n) is 9.56. The van der Waals surface area contributed by atoms with Crippen LogP contribution < -0.4 is 10.9 Å². The first-order valence-corrected chi connectivity index (χ1v) is 5.63. The van der Waals surface area contributed by atoms with Crippen molar-refractivity contribution in [2.45, 2.75) is 13.1 Å². The van der Waals surface area contributed by atoms with Crippen LogP contribution in [0.1, 0.15) is 11.1 Å². The standard InChI is InChI=1S/C14H16N2O/c17-14-9-5-4-8-13(14)11-16-15-10-12-6-2-1-3-7-12/h1-9,15-17H,10-11H2. The van der Waals surface area contributed by atoms with Crippen molar-refractivity contribution in [2.75, 3.05) is 0 Å². The van der Waals surface area contributed by atoms with Gasteiger partial charge in [-0.2, -0.15) is 0 Å². The highest BCUT2D eigenvalue weighted by molar-refractivity contribution is 5.31. The lowest BCUT2D eigenvalue weighted by Gasteiger charge is -2.08. The molecule has 3 heteroatoms. The lowest BCUT2D eigenvalue weighted by molar-refractivity contribution is 0.456. The van der Waals surface area contributed by atoms with Gasteiger partial charge < -0.3 is 5.11 Å². The van der Waals surface area contributed by atoms with E-state index in [1.165, 1.54) is 5.56 Å². The van der Waals surface area contributed by atoms with Gasteiger partial charge in [0.05, 0.1) is 0 Å². The number of aromatic hydroxyl groups is 1. The summed E-state index contributed by atoms with van der Waals surface area (Å²) in [6.45, 7) is 1.36. The molecule has 0 aliphatic carbocycles. The molecular formula is C14H16N2O. The summed E-state index contributed by atoms with van der Waals surface area (Å²) >= 11 is 0. The maximum absolute atomic E-state index is 9.56. The number of benzene rings is 2. The van der Waals surface area contributed by atoms with Crippen molar-refractivity contribution in [1.29, 1.82) is 0 Å². The Morgan fingerprint density at radius 1 is 0.765 bits per heavy atom. The maximum Gasteiger partial charge on any atom is 0.120 e. The summed E-state index contributed by atoms with van der Waals surface area (Å²) in [4.78, 5) is 0. The number of phenols is 1. The molecule has 0 aliphatic heterocycles. The van der Waals surface area contributed by atoms with Gasteiger partial charge in [0.1, 0.15) is 5.75 Å². The maximum atomic E-state index is 9.56. The Kier molecular flexibility index (Phi) is 4.13. The van der Waals surface area contributed by atoms with Gasteiger partial charge in [-0.05, 0) is 11.6 Å². The zero-order valence-corrected chi connectivity index (χ0v) is 9.56. The number of hydrogen-bond donors (Lipinski definition) is 3. The Morgan fingerprint density at radius 3 is 2.18 bits per heavy atom. The molecule has 17 heavy (non-hydrogen) atoms. The third kappa shape index (κ3) is 3.59. The fourth-order valence-corrected chi connectivity index (χ4v) is 1.58. The minimum Gasteiger partial charge on any atom is -0.508 e. The molecule has 0 atom stereocenters. The predicted molar refractivity (Wildman–Crippen MR) is 68.2 cm³/mol. The third-order valence-corrected chi connectivity index (χ3v) is 2.53. The Labute approximate surface area is 101 Å². The first kappa shape index (κ1) is 11.6. The Bertz CT molecular complexity index is 457. The summed E-state index contributed by atoms with van der Waals surface area (Å²) in [7, 11) is 0. The van der Waals surface area contributed by atoms with Crippen molar-refractivity contribution in [1.82, 2.24) is 10.9 Å². The average Bonchev–Trinajstić information content (AvgIpc) is 2.38. The van der Waals surface area contributed by atoms with Gasteiger partial charge in [-0.15, -0.1) is 0 Å². The number of hydrazine groups is 1. The minimum absolute atomic E-state index is 0.321. The van der Waals surface area contributed by atoms with Crippen LogP contribution in [-0.4, -0.2) is 5.11 Å². The van der Waals surface area contributed by atoms with Crippen molar-refractivity contribution >= 4 is 0 Å². The Balaban J connectivity index is 1.76. The predicted octanol–water partition coefficient (Wildman–Crippen LogP) is 2.19. The molecule has 0 aromatic heterocycles. The largest absolute Gasteiger partial charge is 0.508 e. The van der Waals surface area contributed by atoms with Crippen molar-refractivity contribution in [3.8, 4) is 5.75 Å². The molecule has 2 rings (SSSR count). The van der Waals surface area contributed by atoms with Crippen molar-refractivity contribution < 1.29 is 5.11 Å². The van der Waals surface area contributed by atoms with Crippen molar-refractivity contribution in [2.24, 2.45) is 0 Å². The lowest BCUT2D eigenvalue weighted by Crippen LogP contribution is -2.30. The van der Waals surface area contributed by atoms with E-state index in [4.69, 9.17) is 0 Å². The fraction of sp³-hybridized carbons (Fsp3) is 0.143. The topological polar surface area (TPSA) is 44.3 Å². The van der Waals surface area contributed by atoms with E-state index in [1.54, 1.807) is 6.07 Å². The van der Waals surface area contributed by atoms with Crippen molar-refractivity contribution in [3.05, 3.63) is 65.7 Å². The zero-order chi connectivity index (χ0) is 11.9. The monoisotopic (exact) mass is 228 g/mol. The summed E-state index contributed by atoms with van der Waals surface area (Å²) < 4.78 is 0. The molecule has 3 nitrogen and oxygen atoms in total. The molecule has 0 spiro atoms. The van der Waals surface area contributed by atoms with E-state index < -0.39 is 0 Å². The van der Waals surface area contributed by atoms with Gasteiger partial charge in [0.2, 0.25) is 0 Å². The molecule has 2 aromatic carbocycles. The van der Waals surface area contributed by atoms with Crippen LogP contribution in [0.3, 0.4) is 0 Å². The number of para-hydroxylation sites is 1. The summed E-state index contributed by atoms with van der Waals surface area (Å²) in [6.07, 6.45) is 0. The van der Waals surface area contributed by atoms with Gasteiger partial charge >= 0.3 is 0 Å². The summed E-state index contributed by atoms with van der Waals surface area (Å²) in [6, 6.07) is 17.5. The smallest absolute Gasteiger partial charge is 0.120 e. The van der Waals surface area contributed by atoms with Gasteiger partial charge in [-0.1, -0.05) is 48.5 Å².